The van der Waals surface area contributed by atoms with Crippen LogP contribution in [0.15, 0.2) is 84.9 Å². The van der Waals surface area contributed by atoms with Crippen molar-refractivity contribution in [1.29, 1.82) is 0 Å². The monoisotopic (exact) mass is 629 g/mol. The molecule has 5 unspecified atom stereocenters. The molecule has 5 atom stereocenters. The van der Waals surface area contributed by atoms with Crippen LogP contribution in [-0.4, -0.2) is 22.9 Å². The molecule has 14 rings (SSSR count). The highest BCUT2D eigenvalue weighted by atomic mass is 16.7. The Hall–Kier alpha value is -3.34. The van der Waals surface area contributed by atoms with Crippen molar-refractivity contribution in [2.75, 3.05) is 0 Å². The van der Waals surface area contributed by atoms with Crippen molar-refractivity contribution < 1.29 is 9.31 Å². The molecule has 1 aromatic heterocycles. The van der Waals surface area contributed by atoms with Gasteiger partial charge in [-0.2, -0.15) is 0 Å². The molecule has 2 heterocycles. The molecule has 0 N–H and O–H groups in total. The predicted octanol–water partition coefficient (Wildman–Crippen LogP) is 9.30. The van der Waals surface area contributed by atoms with Crippen molar-refractivity contribution in [2.24, 2.45) is 47.3 Å². The highest BCUT2D eigenvalue weighted by molar-refractivity contribution is 6.62. The van der Waals surface area contributed by atoms with Crippen LogP contribution in [0, 0.1) is 47.3 Å². The zero-order chi connectivity index (χ0) is 31.9. The van der Waals surface area contributed by atoms with Crippen molar-refractivity contribution >= 4 is 34.4 Å². The van der Waals surface area contributed by atoms with Crippen molar-refractivity contribution in [3.05, 3.63) is 96.1 Å². The third-order valence-electron chi connectivity index (χ3n) is 15.8. The van der Waals surface area contributed by atoms with Crippen molar-refractivity contribution in [1.82, 2.24) is 4.57 Å². The lowest BCUT2D eigenvalue weighted by atomic mass is 9.29. The van der Waals surface area contributed by atoms with E-state index in [-0.39, 0.29) is 23.7 Å². The minimum Gasteiger partial charge on any atom is -0.399 e. The van der Waals surface area contributed by atoms with Crippen LogP contribution in [-0.2, 0) is 14.7 Å². The highest BCUT2D eigenvalue weighted by Crippen LogP contribution is 2.79. The Morgan fingerprint density at radius 1 is 0.604 bits per heavy atom. The molecule has 4 heteroatoms. The minimum absolute atomic E-state index is 0.153. The molecule has 8 aliphatic carbocycles. The Kier molecular flexibility index (Phi) is 4.97. The molecule has 9 aliphatic rings. The molecule has 8 bridgehead atoms. The fraction of sp³-hybridized carbons (Fsp3) is 0.455. The molecule has 3 nitrogen and oxygen atoms in total. The first-order valence-corrected chi connectivity index (χ1v) is 18.9. The molecule has 240 valence electrons. The zero-order valence-electron chi connectivity index (χ0n) is 28.6. The van der Waals surface area contributed by atoms with Crippen LogP contribution in [0.3, 0.4) is 0 Å². The quantitative estimate of drug-likeness (QED) is 0.182. The number of fused-ring (bicyclic) bond motifs is 6. The Morgan fingerprint density at radius 3 is 2.00 bits per heavy atom. The van der Waals surface area contributed by atoms with Gasteiger partial charge in [0.25, 0.3) is 0 Å². The van der Waals surface area contributed by atoms with E-state index >= 15 is 0 Å². The van der Waals surface area contributed by atoms with E-state index < -0.39 is 0 Å². The molecule has 1 spiro atoms. The molecule has 4 aromatic carbocycles. The van der Waals surface area contributed by atoms with Crippen LogP contribution < -0.4 is 5.46 Å². The van der Waals surface area contributed by atoms with E-state index in [4.69, 9.17) is 9.31 Å². The normalized spacial score (nSPS) is 37.0. The van der Waals surface area contributed by atoms with Gasteiger partial charge in [0.2, 0.25) is 0 Å². The summed E-state index contributed by atoms with van der Waals surface area (Å²) in [6, 6.07) is 32.9. The van der Waals surface area contributed by atoms with Crippen LogP contribution in [0.4, 0.5) is 0 Å². The van der Waals surface area contributed by atoms with Gasteiger partial charge in [0.1, 0.15) is 0 Å². The van der Waals surface area contributed by atoms with E-state index in [1.165, 1.54) is 64.3 Å². The maximum atomic E-state index is 6.60. The fourth-order valence-corrected chi connectivity index (χ4v) is 13.7. The van der Waals surface area contributed by atoms with E-state index in [2.05, 4.69) is 117 Å². The summed E-state index contributed by atoms with van der Waals surface area (Å²) < 4.78 is 15.7. The van der Waals surface area contributed by atoms with Crippen molar-refractivity contribution in [2.45, 2.75) is 76.4 Å². The maximum absolute atomic E-state index is 6.60. The number of nitrogens with zero attached hydrogens (tertiary/aromatic N) is 1. The van der Waals surface area contributed by atoms with Crippen LogP contribution in [0.25, 0.3) is 38.6 Å². The maximum Gasteiger partial charge on any atom is 0.494 e. The summed E-state index contributed by atoms with van der Waals surface area (Å²) in [5.74, 6) is 7.39. The van der Waals surface area contributed by atoms with Gasteiger partial charge >= 0.3 is 7.12 Å². The van der Waals surface area contributed by atoms with E-state index in [1.807, 2.05) is 0 Å². The second-order valence-electron chi connectivity index (χ2n) is 18.0. The van der Waals surface area contributed by atoms with Gasteiger partial charge in [0, 0.05) is 21.9 Å². The summed E-state index contributed by atoms with van der Waals surface area (Å²) >= 11 is 0. The lowest BCUT2D eigenvalue weighted by molar-refractivity contribution is -0.231. The highest BCUT2D eigenvalue weighted by Gasteiger charge is 2.73. The lowest BCUT2D eigenvalue weighted by Gasteiger charge is -2.75. The third-order valence-corrected chi connectivity index (χ3v) is 15.8. The van der Waals surface area contributed by atoms with Gasteiger partial charge in [0.15, 0.2) is 0 Å². The standard InChI is InChI=1S/C44H44BNO2/c1-42(2)43(3,4)48-45(47-42)26-14-15-39-33(21-26)34-22-38-32(23-40(34)46(39)27-10-6-5-7-11-27)28-12-8-9-13-37(28)44(38)25-19-30-29-16-24-17-35(30)41(44)36(18-24)31(29)20-25/h5-15,21-25,29-31,35-36,41H,16-20H2,1-4H3. The first-order chi connectivity index (χ1) is 23.2. The van der Waals surface area contributed by atoms with Gasteiger partial charge in [-0.3, -0.25) is 0 Å². The third kappa shape index (κ3) is 3.06. The number of hydrogen-bond donors (Lipinski definition) is 0. The molecule has 48 heavy (non-hydrogen) atoms. The molecular formula is C44H44BNO2. The summed E-state index contributed by atoms with van der Waals surface area (Å²) in [5, 5.41) is 2.68. The Balaban J connectivity index is 1.13. The predicted molar refractivity (Wildman–Crippen MR) is 194 cm³/mol. The fourth-order valence-electron chi connectivity index (χ4n) is 13.7. The molecular weight excluding hydrogens is 585 g/mol. The molecule has 5 aromatic rings. The van der Waals surface area contributed by atoms with Crippen LogP contribution >= 0.6 is 0 Å². The van der Waals surface area contributed by atoms with E-state index in [1.54, 1.807) is 17.5 Å². The SMILES string of the molecule is CC1(C)OB(c2ccc3c(c2)c2cc4c(cc2n3-c2ccccc2)-c2ccccc2C42C3CC4C5CC6CC4C2C(C6)C5C3)OC1(C)C. The number of benzene rings is 4. The first-order valence-electron chi connectivity index (χ1n) is 18.9. The van der Waals surface area contributed by atoms with Crippen molar-refractivity contribution in [3.8, 4) is 16.8 Å². The number of rotatable bonds is 2. The number of aromatic nitrogens is 1. The smallest absolute Gasteiger partial charge is 0.399 e. The second kappa shape index (κ2) is 8.68. The largest absolute Gasteiger partial charge is 0.494 e. The van der Waals surface area contributed by atoms with Gasteiger partial charge in [-0.15, -0.1) is 0 Å². The summed E-state index contributed by atoms with van der Waals surface area (Å²) in [4.78, 5) is 0. The molecule has 8 fully saturated rings. The van der Waals surface area contributed by atoms with E-state index in [0.717, 1.165) is 52.8 Å². The summed E-state index contributed by atoms with van der Waals surface area (Å²) in [6.07, 6.45) is 7.44. The Morgan fingerprint density at radius 2 is 1.25 bits per heavy atom. The minimum atomic E-state index is -0.380. The van der Waals surface area contributed by atoms with Crippen LogP contribution in [0.1, 0.15) is 70.9 Å². The topological polar surface area (TPSA) is 23.4 Å². The first kappa shape index (κ1) is 27.5. The van der Waals surface area contributed by atoms with Gasteiger partial charge in [0.05, 0.1) is 22.2 Å². The number of para-hydroxylation sites is 1. The average molecular weight is 630 g/mol. The zero-order valence-corrected chi connectivity index (χ0v) is 28.6. The molecule has 0 radical (unpaired) electrons. The molecule has 7 saturated carbocycles. The summed E-state index contributed by atoms with van der Waals surface area (Å²) in [5.41, 5.74) is 10.6. The van der Waals surface area contributed by atoms with E-state index in [0.29, 0.717) is 0 Å². The van der Waals surface area contributed by atoms with Gasteiger partial charge in [-0.25, -0.2) is 0 Å². The van der Waals surface area contributed by atoms with E-state index in [9.17, 15) is 0 Å². The lowest BCUT2D eigenvalue weighted by Crippen LogP contribution is -2.70. The summed E-state index contributed by atoms with van der Waals surface area (Å²) in [6.45, 7) is 8.60. The Labute approximate surface area is 284 Å². The van der Waals surface area contributed by atoms with Gasteiger partial charge in [-0.05, 0) is 165 Å². The molecule has 0 amide bonds. The van der Waals surface area contributed by atoms with Crippen LogP contribution in [0.2, 0.25) is 0 Å². The molecule has 1 saturated heterocycles. The van der Waals surface area contributed by atoms with Gasteiger partial charge in [-0.1, -0.05) is 54.6 Å². The van der Waals surface area contributed by atoms with Gasteiger partial charge < -0.3 is 13.9 Å². The average Bonchev–Trinajstić information content (AvgIpc) is 3.64. The molecule has 1 aliphatic heterocycles. The Bertz CT molecular complexity index is 2180. The second-order valence-corrected chi connectivity index (χ2v) is 18.0. The number of hydrogen-bond acceptors (Lipinski definition) is 2. The summed E-state index contributed by atoms with van der Waals surface area (Å²) in [7, 11) is -0.380. The van der Waals surface area contributed by atoms with Crippen LogP contribution in [0.5, 0.6) is 0 Å². The van der Waals surface area contributed by atoms with Crippen molar-refractivity contribution in [3.63, 3.8) is 0 Å².